The summed E-state index contributed by atoms with van der Waals surface area (Å²) in [6.07, 6.45) is -0.478. The summed E-state index contributed by atoms with van der Waals surface area (Å²) < 4.78 is 5.19. The number of rotatable bonds is 13. The maximum atomic E-state index is 12.7. The molecule has 178 valence electrons. The Balaban J connectivity index is 2.56. The minimum atomic E-state index is -1.12. The van der Waals surface area contributed by atoms with Crippen molar-refractivity contribution in [1.29, 1.82) is 0 Å². The Hall–Kier alpha value is -3.31. The van der Waals surface area contributed by atoms with E-state index in [-0.39, 0.29) is 31.0 Å². The lowest BCUT2D eigenvalue weighted by Gasteiger charge is -2.31. The first-order valence-corrected chi connectivity index (χ1v) is 10.00. The molecule has 12 heteroatoms. The van der Waals surface area contributed by atoms with Crippen molar-refractivity contribution in [2.45, 2.75) is 66.4 Å². The van der Waals surface area contributed by atoms with Crippen LogP contribution in [-0.2, 0) is 28.8 Å². The number of hydrogen-bond donors (Lipinski definition) is 0. The Morgan fingerprint density at radius 3 is 2.12 bits per heavy atom. The van der Waals surface area contributed by atoms with E-state index in [0.29, 0.717) is 35.1 Å². The molecule has 0 unspecified atom stereocenters. The number of unbranched alkanes of at least 4 members (excludes halogenated alkanes) is 1. The van der Waals surface area contributed by atoms with Crippen LogP contribution in [0.2, 0.25) is 0 Å². The number of ketones is 2. The van der Waals surface area contributed by atoms with Crippen LogP contribution in [0, 0.1) is 25.6 Å². The van der Waals surface area contributed by atoms with Crippen molar-refractivity contribution < 1.29 is 39.0 Å². The minimum Gasteiger partial charge on any atom is -0.466 e. The Labute approximate surface area is 184 Å². The Bertz CT molecular complexity index is 856. The Kier molecular flexibility index (Phi) is 9.48. The highest BCUT2D eigenvalue weighted by Gasteiger charge is 2.38. The zero-order chi connectivity index (χ0) is 24.6. The van der Waals surface area contributed by atoms with Crippen molar-refractivity contribution >= 4 is 17.5 Å². The summed E-state index contributed by atoms with van der Waals surface area (Å²) >= 11 is 0. The molecule has 1 atom stereocenters. The SMILES string of the molecule is CC1=C(C)C(=O)C(C(C)(C)CC(=O)OCCCC[C@@H](CO[N+](=O)[O-])O[N+](=O)[O-])=C(C)C1=O. The van der Waals surface area contributed by atoms with Gasteiger partial charge in [-0.2, -0.15) is 0 Å². The largest absolute Gasteiger partial charge is 0.466 e. The van der Waals surface area contributed by atoms with E-state index in [4.69, 9.17) is 4.74 Å². The third-order valence-electron chi connectivity index (χ3n) is 5.23. The standard InChI is InChI=1S/C20H28N2O10/c1-12-13(2)19(25)17(14(3)18(12)24)20(4,5)10-16(23)30-9-7-6-8-15(32-22(28)29)11-31-21(26)27/h15H,6-11H2,1-5H3/t15-/m0/s1. The van der Waals surface area contributed by atoms with E-state index >= 15 is 0 Å². The van der Waals surface area contributed by atoms with Crippen molar-refractivity contribution in [3.05, 3.63) is 42.5 Å². The topological polar surface area (TPSA) is 165 Å². The van der Waals surface area contributed by atoms with Crippen LogP contribution in [0.3, 0.4) is 0 Å². The third kappa shape index (κ3) is 7.43. The first kappa shape index (κ1) is 26.7. The molecule has 0 saturated carbocycles. The predicted octanol–water partition coefficient (Wildman–Crippen LogP) is 2.71. The van der Waals surface area contributed by atoms with Crippen LogP contribution < -0.4 is 0 Å². The van der Waals surface area contributed by atoms with Crippen LogP contribution in [0.15, 0.2) is 22.3 Å². The molecule has 0 radical (unpaired) electrons. The zero-order valence-corrected chi connectivity index (χ0v) is 18.8. The second-order valence-electron chi connectivity index (χ2n) is 8.16. The number of nitrogens with zero attached hydrogens (tertiary/aromatic N) is 2. The molecule has 0 heterocycles. The van der Waals surface area contributed by atoms with Crippen LogP contribution in [-0.4, -0.2) is 47.0 Å². The maximum absolute atomic E-state index is 12.7. The Morgan fingerprint density at radius 1 is 0.969 bits per heavy atom. The molecule has 32 heavy (non-hydrogen) atoms. The molecule has 0 aromatic heterocycles. The lowest BCUT2D eigenvalue weighted by atomic mass is 9.71. The van der Waals surface area contributed by atoms with Gasteiger partial charge < -0.3 is 14.4 Å². The highest BCUT2D eigenvalue weighted by atomic mass is 17.0. The summed E-state index contributed by atoms with van der Waals surface area (Å²) in [6.45, 7) is 7.58. The Morgan fingerprint density at radius 2 is 1.56 bits per heavy atom. The van der Waals surface area contributed by atoms with Gasteiger partial charge in [0.05, 0.1) is 13.0 Å². The van der Waals surface area contributed by atoms with Gasteiger partial charge in [-0.1, -0.05) is 13.8 Å². The fraction of sp³-hybridized carbons (Fsp3) is 0.650. The first-order chi connectivity index (χ1) is 14.8. The molecule has 0 aromatic carbocycles. The number of Topliss-reactive ketones (excluding diaryl/α,β-unsaturated/α-hetero) is 2. The number of esters is 1. The summed E-state index contributed by atoms with van der Waals surface area (Å²) in [5.41, 5.74) is 0.473. The van der Waals surface area contributed by atoms with Crippen LogP contribution in [0.5, 0.6) is 0 Å². The number of carbonyl (C=O) groups is 3. The van der Waals surface area contributed by atoms with E-state index < -0.39 is 34.3 Å². The van der Waals surface area contributed by atoms with E-state index in [1.165, 1.54) is 0 Å². The molecule has 12 nitrogen and oxygen atoms in total. The number of carbonyl (C=O) groups excluding carboxylic acids is 3. The molecule has 0 fully saturated rings. The van der Waals surface area contributed by atoms with Crippen molar-refractivity contribution in [2.24, 2.45) is 5.41 Å². The molecule has 0 aromatic rings. The molecular formula is C20H28N2O10. The van der Waals surface area contributed by atoms with Gasteiger partial charge in [-0.15, -0.1) is 20.2 Å². The summed E-state index contributed by atoms with van der Waals surface area (Å²) in [4.78, 5) is 66.5. The third-order valence-corrected chi connectivity index (χ3v) is 5.23. The van der Waals surface area contributed by atoms with Crippen molar-refractivity contribution in [3.8, 4) is 0 Å². The molecule has 1 rings (SSSR count). The van der Waals surface area contributed by atoms with Gasteiger partial charge in [0.2, 0.25) is 0 Å². The fourth-order valence-corrected chi connectivity index (χ4v) is 3.50. The smallest absolute Gasteiger partial charge is 0.306 e. The summed E-state index contributed by atoms with van der Waals surface area (Å²) in [5, 5.41) is 18.5. The molecule has 1 aliphatic carbocycles. The van der Waals surface area contributed by atoms with Gasteiger partial charge >= 0.3 is 5.97 Å². The van der Waals surface area contributed by atoms with Gasteiger partial charge in [0.25, 0.3) is 10.2 Å². The molecule has 0 bridgehead atoms. The van der Waals surface area contributed by atoms with Crippen molar-refractivity contribution in [1.82, 2.24) is 0 Å². The van der Waals surface area contributed by atoms with Gasteiger partial charge in [0, 0.05) is 27.7 Å². The van der Waals surface area contributed by atoms with Crippen LogP contribution in [0.1, 0.15) is 60.3 Å². The van der Waals surface area contributed by atoms with Gasteiger partial charge in [-0.3, -0.25) is 14.4 Å². The molecule has 0 spiro atoms. The van der Waals surface area contributed by atoms with Crippen molar-refractivity contribution in [2.75, 3.05) is 13.2 Å². The molecule has 1 aliphatic rings. The minimum absolute atomic E-state index is 0.0130. The van der Waals surface area contributed by atoms with E-state index in [1.54, 1.807) is 34.6 Å². The molecule has 0 aliphatic heterocycles. The quantitative estimate of drug-likeness (QED) is 0.132. The van der Waals surface area contributed by atoms with Gasteiger partial charge in [0.15, 0.2) is 11.6 Å². The van der Waals surface area contributed by atoms with Gasteiger partial charge in [0.1, 0.15) is 12.7 Å². The van der Waals surface area contributed by atoms with Gasteiger partial charge in [-0.05, 0) is 40.0 Å². The van der Waals surface area contributed by atoms with Crippen LogP contribution >= 0.6 is 0 Å². The maximum Gasteiger partial charge on any atom is 0.306 e. The second kappa shape index (κ2) is 11.3. The number of hydrogen-bond acceptors (Lipinski definition) is 10. The first-order valence-electron chi connectivity index (χ1n) is 10.00. The summed E-state index contributed by atoms with van der Waals surface area (Å²) in [7, 11) is 0. The second-order valence-corrected chi connectivity index (χ2v) is 8.16. The fourth-order valence-electron chi connectivity index (χ4n) is 3.50. The lowest BCUT2D eigenvalue weighted by molar-refractivity contribution is -0.790. The van der Waals surface area contributed by atoms with Crippen molar-refractivity contribution in [3.63, 3.8) is 0 Å². The van der Waals surface area contributed by atoms with E-state index in [2.05, 4.69) is 9.68 Å². The van der Waals surface area contributed by atoms with Crippen LogP contribution in [0.4, 0.5) is 0 Å². The molecular weight excluding hydrogens is 428 g/mol. The molecule has 0 amide bonds. The normalized spacial score (nSPS) is 15.5. The average Bonchev–Trinajstić information content (AvgIpc) is 2.67. The monoisotopic (exact) mass is 456 g/mol. The summed E-state index contributed by atoms with van der Waals surface area (Å²) in [6, 6.07) is 0. The van der Waals surface area contributed by atoms with Crippen LogP contribution in [0.25, 0.3) is 0 Å². The lowest BCUT2D eigenvalue weighted by Crippen LogP contribution is -2.32. The van der Waals surface area contributed by atoms with Gasteiger partial charge in [-0.25, -0.2) is 0 Å². The molecule has 0 N–H and O–H groups in total. The van der Waals surface area contributed by atoms with E-state index in [1.807, 2.05) is 0 Å². The average molecular weight is 456 g/mol. The number of ether oxygens (including phenoxy) is 1. The number of allylic oxidation sites excluding steroid dienone is 4. The predicted molar refractivity (Wildman–Crippen MR) is 109 cm³/mol. The highest BCUT2D eigenvalue weighted by molar-refractivity contribution is 6.25. The highest BCUT2D eigenvalue weighted by Crippen LogP contribution is 2.39. The van der Waals surface area contributed by atoms with E-state index in [0.717, 1.165) is 0 Å². The van der Waals surface area contributed by atoms with E-state index in [9.17, 15) is 34.6 Å². The summed E-state index contributed by atoms with van der Waals surface area (Å²) in [5.74, 6) is -1.04. The molecule has 0 saturated heterocycles. The zero-order valence-electron chi connectivity index (χ0n) is 18.8.